The second-order valence-corrected chi connectivity index (χ2v) is 5.13. The molecule has 0 heterocycles. The Morgan fingerprint density at radius 2 is 1.85 bits per heavy atom. The fraction of sp³-hybridized carbons (Fsp3) is 0.200. The highest BCUT2D eigenvalue weighted by Crippen LogP contribution is 2.35. The zero-order chi connectivity index (χ0) is 14.7. The predicted molar refractivity (Wildman–Crippen MR) is 81.7 cm³/mol. The van der Waals surface area contributed by atoms with E-state index >= 15 is 0 Å². The molecule has 0 saturated heterocycles. The molecule has 20 heavy (non-hydrogen) atoms. The topological polar surface area (TPSA) is 52.4 Å². The number of nitro benzene ring substituents is 1. The summed E-state index contributed by atoms with van der Waals surface area (Å²) in [5.74, 6) is 0.886. The van der Waals surface area contributed by atoms with Crippen LogP contribution >= 0.6 is 15.9 Å². The lowest BCUT2D eigenvalue weighted by atomic mass is 10.1. The number of nitrogens with zero attached hydrogens (tertiary/aromatic N) is 1. The van der Waals surface area contributed by atoms with Crippen LogP contribution in [-0.2, 0) is 5.33 Å². The van der Waals surface area contributed by atoms with Gasteiger partial charge in [0.15, 0.2) is 0 Å². The van der Waals surface area contributed by atoms with Gasteiger partial charge in [0.25, 0.3) is 0 Å². The van der Waals surface area contributed by atoms with Gasteiger partial charge in [-0.15, -0.1) is 0 Å². The fourth-order valence-corrected chi connectivity index (χ4v) is 2.34. The minimum Gasteiger partial charge on any atom is -0.450 e. The number of aryl methyl sites for hydroxylation is 2. The van der Waals surface area contributed by atoms with Gasteiger partial charge in [0.2, 0.25) is 5.75 Å². The summed E-state index contributed by atoms with van der Waals surface area (Å²) in [6, 6.07) is 10.8. The highest BCUT2D eigenvalue weighted by atomic mass is 79.9. The van der Waals surface area contributed by atoms with E-state index in [2.05, 4.69) is 15.9 Å². The Hall–Kier alpha value is -1.88. The Labute approximate surface area is 125 Å². The van der Waals surface area contributed by atoms with Crippen LogP contribution in [0.2, 0.25) is 0 Å². The van der Waals surface area contributed by atoms with Gasteiger partial charge in [-0.3, -0.25) is 10.1 Å². The van der Waals surface area contributed by atoms with Crippen LogP contribution in [0.3, 0.4) is 0 Å². The van der Waals surface area contributed by atoms with Crippen molar-refractivity contribution in [2.45, 2.75) is 19.2 Å². The molecule has 2 rings (SSSR count). The van der Waals surface area contributed by atoms with E-state index in [0.29, 0.717) is 11.5 Å². The maximum absolute atomic E-state index is 11.1. The largest absolute Gasteiger partial charge is 0.450 e. The molecule has 2 aromatic rings. The molecule has 0 unspecified atom stereocenters. The molecule has 0 N–H and O–H groups in total. The van der Waals surface area contributed by atoms with Crippen molar-refractivity contribution in [3.05, 3.63) is 63.2 Å². The molecule has 0 spiro atoms. The first-order valence-corrected chi connectivity index (χ1v) is 7.22. The molecule has 0 atom stereocenters. The molecule has 2 aromatic carbocycles. The van der Waals surface area contributed by atoms with E-state index in [1.54, 1.807) is 12.1 Å². The fourth-order valence-electron chi connectivity index (χ4n) is 1.96. The van der Waals surface area contributed by atoms with Crippen molar-refractivity contribution in [3.8, 4) is 11.5 Å². The van der Waals surface area contributed by atoms with Gasteiger partial charge >= 0.3 is 5.69 Å². The Kier molecular flexibility index (Phi) is 4.39. The van der Waals surface area contributed by atoms with E-state index in [1.165, 1.54) is 6.07 Å². The van der Waals surface area contributed by atoms with E-state index < -0.39 is 4.92 Å². The maximum Gasteiger partial charge on any atom is 0.312 e. The number of halogens is 1. The van der Waals surface area contributed by atoms with E-state index in [1.807, 2.05) is 32.0 Å². The molecular weight excluding hydrogens is 322 g/mol. The van der Waals surface area contributed by atoms with Crippen LogP contribution in [0, 0.1) is 24.0 Å². The van der Waals surface area contributed by atoms with E-state index in [9.17, 15) is 10.1 Å². The number of rotatable bonds is 4. The lowest BCUT2D eigenvalue weighted by molar-refractivity contribution is -0.385. The minimum atomic E-state index is -0.414. The van der Waals surface area contributed by atoms with Crippen LogP contribution in [0.5, 0.6) is 11.5 Å². The van der Waals surface area contributed by atoms with Gasteiger partial charge in [-0.1, -0.05) is 34.1 Å². The average Bonchev–Trinajstić information content (AvgIpc) is 2.42. The number of hydrogen-bond acceptors (Lipinski definition) is 3. The second-order valence-electron chi connectivity index (χ2n) is 4.57. The molecule has 0 bridgehead atoms. The zero-order valence-electron chi connectivity index (χ0n) is 11.2. The third-order valence-corrected chi connectivity index (χ3v) is 3.54. The Morgan fingerprint density at radius 1 is 1.20 bits per heavy atom. The quantitative estimate of drug-likeness (QED) is 0.453. The molecule has 0 saturated carbocycles. The lowest BCUT2D eigenvalue weighted by Gasteiger charge is -2.10. The average molecular weight is 336 g/mol. The minimum absolute atomic E-state index is 0.00734. The van der Waals surface area contributed by atoms with Crippen molar-refractivity contribution in [3.63, 3.8) is 0 Å². The monoisotopic (exact) mass is 335 g/mol. The molecular formula is C15H14BrNO3. The predicted octanol–water partition coefficient (Wildman–Crippen LogP) is 4.90. The molecule has 0 radical (unpaired) electrons. The summed E-state index contributed by atoms with van der Waals surface area (Å²) < 4.78 is 5.70. The van der Waals surface area contributed by atoms with Crippen molar-refractivity contribution < 1.29 is 9.66 Å². The van der Waals surface area contributed by atoms with Gasteiger partial charge in [0.1, 0.15) is 5.75 Å². The van der Waals surface area contributed by atoms with E-state index in [4.69, 9.17) is 4.74 Å². The zero-order valence-corrected chi connectivity index (χ0v) is 12.8. The molecule has 0 aliphatic rings. The first kappa shape index (κ1) is 14.5. The normalized spacial score (nSPS) is 10.3. The van der Waals surface area contributed by atoms with Crippen LogP contribution < -0.4 is 4.74 Å². The smallest absolute Gasteiger partial charge is 0.312 e. The molecule has 0 fully saturated rings. The van der Waals surface area contributed by atoms with Crippen LogP contribution in [0.4, 0.5) is 5.69 Å². The van der Waals surface area contributed by atoms with Gasteiger partial charge < -0.3 is 4.74 Å². The first-order chi connectivity index (χ1) is 9.51. The number of alkyl halides is 1. The van der Waals surface area contributed by atoms with Gasteiger partial charge in [-0.2, -0.15) is 0 Å². The van der Waals surface area contributed by atoms with Crippen molar-refractivity contribution in [2.24, 2.45) is 0 Å². The number of benzene rings is 2. The summed E-state index contributed by atoms with van der Waals surface area (Å²) in [5.41, 5.74) is 2.71. The molecule has 4 nitrogen and oxygen atoms in total. The molecule has 5 heteroatoms. The Balaban J connectivity index is 2.39. The third-order valence-electron chi connectivity index (χ3n) is 2.89. The SMILES string of the molecule is Cc1cc(C)c(Oc2ccc(CBr)cc2)c([N+](=O)[O-])c1. The highest BCUT2D eigenvalue weighted by Gasteiger charge is 2.19. The summed E-state index contributed by atoms with van der Waals surface area (Å²) in [6.07, 6.45) is 0. The van der Waals surface area contributed by atoms with Crippen LogP contribution in [0.15, 0.2) is 36.4 Å². The Morgan fingerprint density at radius 3 is 2.40 bits per heavy atom. The summed E-state index contributed by atoms with van der Waals surface area (Å²) in [5, 5.41) is 11.9. The maximum atomic E-state index is 11.1. The first-order valence-electron chi connectivity index (χ1n) is 6.09. The molecule has 0 aliphatic carbocycles. The summed E-state index contributed by atoms with van der Waals surface area (Å²) >= 11 is 3.37. The molecule has 0 aliphatic heterocycles. The van der Waals surface area contributed by atoms with Gasteiger partial charge in [-0.05, 0) is 42.7 Å². The van der Waals surface area contributed by atoms with Crippen LogP contribution in [0.1, 0.15) is 16.7 Å². The Bertz CT molecular complexity index is 638. The number of ether oxygens (including phenoxy) is 1. The van der Waals surface area contributed by atoms with E-state index in [-0.39, 0.29) is 5.69 Å². The van der Waals surface area contributed by atoms with Crippen LogP contribution in [0.25, 0.3) is 0 Å². The van der Waals surface area contributed by atoms with Crippen molar-refractivity contribution in [2.75, 3.05) is 0 Å². The standard InChI is InChI=1S/C15H14BrNO3/c1-10-7-11(2)15(14(8-10)17(18)19)20-13-5-3-12(9-16)4-6-13/h3-8H,9H2,1-2H3. The van der Waals surface area contributed by atoms with Crippen LogP contribution in [-0.4, -0.2) is 4.92 Å². The van der Waals surface area contributed by atoms with Gasteiger partial charge in [0.05, 0.1) is 4.92 Å². The second kappa shape index (κ2) is 6.05. The van der Waals surface area contributed by atoms with Gasteiger partial charge in [-0.25, -0.2) is 0 Å². The summed E-state index contributed by atoms with van der Waals surface area (Å²) in [4.78, 5) is 10.7. The highest BCUT2D eigenvalue weighted by molar-refractivity contribution is 9.08. The molecule has 0 aromatic heterocycles. The lowest BCUT2D eigenvalue weighted by Crippen LogP contribution is -1.97. The molecule has 0 amide bonds. The van der Waals surface area contributed by atoms with Crippen molar-refractivity contribution in [1.29, 1.82) is 0 Å². The van der Waals surface area contributed by atoms with E-state index in [0.717, 1.165) is 22.0 Å². The third kappa shape index (κ3) is 3.17. The summed E-state index contributed by atoms with van der Waals surface area (Å²) in [7, 11) is 0. The van der Waals surface area contributed by atoms with Crippen molar-refractivity contribution in [1.82, 2.24) is 0 Å². The number of hydrogen-bond donors (Lipinski definition) is 0. The molecule has 104 valence electrons. The van der Waals surface area contributed by atoms with Crippen molar-refractivity contribution >= 4 is 21.6 Å². The number of nitro groups is 1. The summed E-state index contributed by atoms with van der Waals surface area (Å²) in [6.45, 7) is 3.64. The van der Waals surface area contributed by atoms with Gasteiger partial charge in [0, 0.05) is 11.4 Å².